The minimum atomic E-state index is -0.790. The highest BCUT2D eigenvalue weighted by molar-refractivity contribution is 5.93. The van der Waals surface area contributed by atoms with Crippen molar-refractivity contribution in [1.82, 2.24) is 30.5 Å². The van der Waals surface area contributed by atoms with Gasteiger partial charge in [0, 0.05) is 69.8 Å². The van der Waals surface area contributed by atoms with Gasteiger partial charge >= 0.3 is 0 Å². The lowest BCUT2D eigenvalue weighted by Gasteiger charge is -2.59. The summed E-state index contributed by atoms with van der Waals surface area (Å²) in [5.41, 5.74) is 3.55. The first-order valence-electron chi connectivity index (χ1n) is 16.7. The summed E-state index contributed by atoms with van der Waals surface area (Å²) in [7, 11) is 0. The molecule has 7 rings (SSSR count). The number of likely N-dealkylation sites (tertiary alicyclic amines) is 1. The van der Waals surface area contributed by atoms with E-state index in [1.54, 1.807) is 13.0 Å². The normalized spacial score (nSPS) is 21.0. The quantitative estimate of drug-likeness (QED) is 0.257. The van der Waals surface area contributed by atoms with Crippen LogP contribution >= 0.6 is 0 Å². The number of nitrogens with zero attached hydrogens (tertiary/aromatic N) is 5. The molecular weight excluding hydrogens is 600 g/mol. The topological polar surface area (TPSA) is 158 Å². The first kappa shape index (κ1) is 31.4. The zero-order valence-corrected chi connectivity index (χ0v) is 27.1. The van der Waals surface area contributed by atoms with Crippen molar-refractivity contribution in [3.8, 4) is 5.75 Å². The zero-order valence-electron chi connectivity index (χ0n) is 27.1. The molecule has 47 heavy (non-hydrogen) atoms. The minimum absolute atomic E-state index is 0.0904. The van der Waals surface area contributed by atoms with E-state index in [2.05, 4.69) is 30.8 Å². The number of benzene rings is 1. The molecule has 4 aliphatic rings. The maximum atomic E-state index is 13.4. The summed E-state index contributed by atoms with van der Waals surface area (Å²) in [5, 5.41) is 20.9. The molecule has 3 fully saturated rings. The number of hydrogen-bond donors (Lipinski definition) is 4. The number of anilines is 2. The maximum absolute atomic E-state index is 13.4. The van der Waals surface area contributed by atoms with E-state index in [0.717, 1.165) is 74.4 Å². The van der Waals surface area contributed by atoms with Crippen LogP contribution in [0.4, 0.5) is 11.8 Å². The molecular formula is C34H44N8O5. The summed E-state index contributed by atoms with van der Waals surface area (Å²) in [5.74, 6) is 2.44. The highest BCUT2D eigenvalue weighted by atomic mass is 16.5. The Balaban J connectivity index is 0.948. The molecule has 1 saturated carbocycles. The molecule has 5 heterocycles. The van der Waals surface area contributed by atoms with Crippen LogP contribution in [-0.2, 0) is 24.4 Å². The van der Waals surface area contributed by atoms with Crippen molar-refractivity contribution in [3.63, 3.8) is 0 Å². The molecule has 3 aromatic rings. The number of hydrogen-bond acceptors (Lipinski definition) is 11. The lowest BCUT2D eigenvalue weighted by molar-refractivity contribution is -0.148. The predicted octanol–water partition coefficient (Wildman–Crippen LogP) is 2.57. The molecule has 0 radical (unpaired) electrons. The van der Waals surface area contributed by atoms with Crippen molar-refractivity contribution in [2.45, 2.75) is 83.7 Å². The first-order valence-corrected chi connectivity index (χ1v) is 16.7. The molecule has 4 N–H and O–H groups in total. The number of carbonyl (C=O) groups excluding carboxylic acids is 2. The number of aliphatic hydroxyl groups excluding tert-OH is 1. The zero-order chi connectivity index (χ0) is 32.5. The number of rotatable bonds is 10. The third-order valence-corrected chi connectivity index (χ3v) is 10.1. The molecule has 0 bridgehead atoms. The van der Waals surface area contributed by atoms with E-state index >= 15 is 0 Å². The Morgan fingerprint density at radius 2 is 1.96 bits per heavy atom. The van der Waals surface area contributed by atoms with Crippen molar-refractivity contribution in [2.24, 2.45) is 5.41 Å². The lowest BCUT2D eigenvalue weighted by atomic mass is 9.60. The second-order valence-electron chi connectivity index (χ2n) is 13.7. The number of piperidine rings is 1. The number of aliphatic hydroxyl groups is 1. The maximum Gasteiger partial charge on any atom is 0.270 e. The van der Waals surface area contributed by atoms with Crippen molar-refractivity contribution in [3.05, 3.63) is 58.9 Å². The smallest absolute Gasteiger partial charge is 0.270 e. The van der Waals surface area contributed by atoms with E-state index in [4.69, 9.17) is 14.1 Å². The molecule has 1 unspecified atom stereocenters. The Kier molecular flexibility index (Phi) is 8.75. The van der Waals surface area contributed by atoms with E-state index in [0.29, 0.717) is 37.1 Å². The summed E-state index contributed by atoms with van der Waals surface area (Å²) in [6.07, 6.45) is 6.52. The Labute approximate surface area is 274 Å². The summed E-state index contributed by atoms with van der Waals surface area (Å²) < 4.78 is 11.3. The van der Waals surface area contributed by atoms with Gasteiger partial charge in [0.1, 0.15) is 23.9 Å². The summed E-state index contributed by atoms with van der Waals surface area (Å²) in [4.78, 5) is 42.7. The number of aromatic nitrogens is 3. The fourth-order valence-corrected chi connectivity index (χ4v) is 7.32. The van der Waals surface area contributed by atoms with Gasteiger partial charge in [0.05, 0.1) is 11.8 Å². The first-order chi connectivity index (χ1) is 22.7. The van der Waals surface area contributed by atoms with E-state index in [9.17, 15) is 14.7 Å². The Hall–Kier alpha value is -4.23. The van der Waals surface area contributed by atoms with Gasteiger partial charge < -0.3 is 40.0 Å². The molecule has 1 spiro atoms. The van der Waals surface area contributed by atoms with Crippen LogP contribution in [-0.4, -0.2) is 87.7 Å². The van der Waals surface area contributed by atoms with Gasteiger partial charge in [-0.25, -0.2) is 9.97 Å². The van der Waals surface area contributed by atoms with Crippen LogP contribution in [0.1, 0.15) is 72.1 Å². The SMILES string of the molecule is CC(=O)N1CC2(CC(Nc3cc(C(=O)NCC(O)[C@@H]4Cc5ccc(OCc6ocnc6C)cc5CN4)nc(N4CCCCC4)n3)C2)C1. The minimum Gasteiger partial charge on any atom is -0.486 e. The molecule has 3 aliphatic heterocycles. The number of fused-ring (bicyclic) bond motifs is 1. The Bertz CT molecular complexity index is 1610. The number of amides is 2. The van der Waals surface area contributed by atoms with Crippen LogP contribution in [0.15, 0.2) is 35.1 Å². The summed E-state index contributed by atoms with van der Waals surface area (Å²) in [6.45, 7) is 7.85. The summed E-state index contributed by atoms with van der Waals surface area (Å²) >= 11 is 0. The molecule has 13 nitrogen and oxygen atoms in total. The number of aryl methyl sites for hydroxylation is 1. The van der Waals surface area contributed by atoms with Crippen LogP contribution in [0, 0.1) is 12.3 Å². The number of oxazole rings is 1. The third-order valence-electron chi connectivity index (χ3n) is 10.1. The second kappa shape index (κ2) is 13.1. The molecule has 13 heteroatoms. The van der Waals surface area contributed by atoms with Crippen molar-refractivity contribution in [1.29, 1.82) is 0 Å². The average Bonchev–Trinajstić information content (AvgIpc) is 3.46. The van der Waals surface area contributed by atoms with Gasteiger partial charge in [-0.1, -0.05) is 6.07 Å². The number of carbonyl (C=O) groups is 2. The molecule has 2 atom stereocenters. The molecule has 1 aliphatic carbocycles. The van der Waals surface area contributed by atoms with Gasteiger partial charge in [0.25, 0.3) is 5.91 Å². The van der Waals surface area contributed by atoms with Crippen LogP contribution < -0.4 is 25.6 Å². The van der Waals surface area contributed by atoms with Gasteiger partial charge in [-0.15, -0.1) is 0 Å². The summed E-state index contributed by atoms with van der Waals surface area (Å²) in [6, 6.07) is 7.71. The van der Waals surface area contributed by atoms with Crippen LogP contribution in [0.25, 0.3) is 0 Å². The number of nitrogens with one attached hydrogen (secondary N) is 3. The van der Waals surface area contributed by atoms with Crippen molar-refractivity contribution >= 4 is 23.6 Å². The van der Waals surface area contributed by atoms with E-state index in [1.165, 1.54) is 12.8 Å². The standard InChI is InChI=1S/C34H44N8O5/c1-21-30(47-20-37-21)17-46-26-7-6-23-11-27(35-15-24(23)10-26)29(44)16-36-32(45)28-12-31(40-33(39-28)41-8-4-3-5-9-41)38-25-13-34(14-25)18-42(19-34)22(2)43/h6-7,10,12,20,25,27,29,35,44H,3-5,8-9,11,13-19H2,1-2H3,(H,36,45)(H,38,39,40)/t27-,29?/m0/s1. The van der Waals surface area contributed by atoms with Crippen LogP contribution in [0.2, 0.25) is 0 Å². The van der Waals surface area contributed by atoms with E-state index in [1.807, 2.05) is 30.0 Å². The van der Waals surface area contributed by atoms with Crippen molar-refractivity contribution < 1.29 is 23.8 Å². The van der Waals surface area contributed by atoms with Crippen LogP contribution in [0.5, 0.6) is 5.75 Å². The van der Waals surface area contributed by atoms with Gasteiger partial charge in [0.15, 0.2) is 12.2 Å². The monoisotopic (exact) mass is 644 g/mol. The Morgan fingerprint density at radius 3 is 2.70 bits per heavy atom. The van der Waals surface area contributed by atoms with Crippen molar-refractivity contribution in [2.75, 3.05) is 42.9 Å². The average molecular weight is 645 g/mol. The van der Waals surface area contributed by atoms with Gasteiger partial charge in [0.2, 0.25) is 11.9 Å². The number of ether oxygens (including phenoxy) is 1. The lowest BCUT2D eigenvalue weighted by Crippen LogP contribution is -2.65. The van der Waals surface area contributed by atoms with Gasteiger partial charge in [-0.2, -0.15) is 4.98 Å². The fraction of sp³-hybridized carbons (Fsp3) is 0.559. The molecule has 2 amide bonds. The highest BCUT2D eigenvalue weighted by Crippen LogP contribution is 2.49. The highest BCUT2D eigenvalue weighted by Gasteiger charge is 2.53. The van der Waals surface area contributed by atoms with Gasteiger partial charge in [-0.05, 0) is 68.7 Å². The van der Waals surface area contributed by atoms with Gasteiger partial charge in [-0.3, -0.25) is 9.59 Å². The largest absolute Gasteiger partial charge is 0.486 e. The van der Waals surface area contributed by atoms with E-state index < -0.39 is 6.10 Å². The third kappa shape index (κ3) is 6.91. The molecule has 2 saturated heterocycles. The predicted molar refractivity (Wildman–Crippen MR) is 174 cm³/mol. The fourth-order valence-electron chi connectivity index (χ4n) is 7.32. The molecule has 250 valence electrons. The van der Waals surface area contributed by atoms with Crippen LogP contribution in [0.3, 0.4) is 0 Å². The van der Waals surface area contributed by atoms with E-state index in [-0.39, 0.29) is 41.6 Å². The second-order valence-corrected chi connectivity index (χ2v) is 13.7. The Morgan fingerprint density at radius 1 is 1.15 bits per heavy atom. The molecule has 1 aromatic carbocycles. The molecule has 2 aromatic heterocycles.